The Morgan fingerprint density at radius 3 is 2.78 bits per heavy atom. The molecule has 1 unspecified atom stereocenters. The van der Waals surface area contributed by atoms with Gasteiger partial charge in [-0.3, -0.25) is 4.79 Å². The van der Waals surface area contributed by atoms with Crippen LogP contribution in [0.25, 0.3) is 0 Å². The Hall–Kier alpha value is -1.26. The van der Waals surface area contributed by atoms with Crippen molar-refractivity contribution in [3.05, 3.63) is 29.8 Å². The quantitative estimate of drug-likeness (QED) is 0.868. The number of carbonyl (C=O) groups is 1. The van der Waals surface area contributed by atoms with Crippen LogP contribution < -0.4 is 15.4 Å². The highest BCUT2D eigenvalue weighted by molar-refractivity contribution is 5.85. The van der Waals surface area contributed by atoms with Crippen molar-refractivity contribution in [2.45, 2.75) is 50.0 Å². The van der Waals surface area contributed by atoms with E-state index in [0.29, 0.717) is 0 Å². The molecule has 0 radical (unpaired) electrons. The number of benzene rings is 1. The van der Waals surface area contributed by atoms with Gasteiger partial charge in [0.15, 0.2) is 0 Å². The van der Waals surface area contributed by atoms with Gasteiger partial charge >= 0.3 is 0 Å². The number of carbonyl (C=O) groups excluding carboxylic acids is 1. The monoisotopic (exact) mass is 338 g/mol. The molecule has 1 saturated carbocycles. The minimum Gasteiger partial charge on any atom is -0.497 e. The van der Waals surface area contributed by atoms with Crippen LogP contribution in [0.2, 0.25) is 0 Å². The number of hydrogen-bond acceptors (Lipinski definition) is 3. The molecule has 0 spiro atoms. The third-order valence-corrected chi connectivity index (χ3v) is 5.22. The van der Waals surface area contributed by atoms with Gasteiger partial charge in [-0.15, -0.1) is 12.4 Å². The van der Waals surface area contributed by atoms with Gasteiger partial charge in [-0.1, -0.05) is 25.0 Å². The average molecular weight is 339 g/mol. The highest BCUT2D eigenvalue weighted by Crippen LogP contribution is 2.41. The van der Waals surface area contributed by atoms with Crippen LogP contribution in [-0.4, -0.2) is 32.1 Å². The van der Waals surface area contributed by atoms with Gasteiger partial charge in [0.1, 0.15) is 5.75 Å². The van der Waals surface area contributed by atoms with Gasteiger partial charge in [-0.25, -0.2) is 0 Å². The minimum absolute atomic E-state index is 0. The lowest BCUT2D eigenvalue weighted by Gasteiger charge is -2.31. The van der Waals surface area contributed by atoms with E-state index in [2.05, 4.69) is 28.8 Å². The molecule has 1 heterocycles. The van der Waals surface area contributed by atoms with Crippen LogP contribution in [0.3, 0.4) is 0 Å². The van der Waals surface area contributed by atoms with E-state index in [1.165, 1.54) is 18.4 Å². The lowest BCUT2D eigenvalue weighted by atomic mass is 9.78. The number of methoxy groups -OCH3 is 1. The Bertz CT molecular complexity index is 524. The maximum Gasteiger partial charge on any atom is 0.237 e. The van der Waals surface area contributed by atoms with Crippen LogP contribution in [0.5, 0.6) is 5.75 Å². The standard InChI is InChI=1S/C18H26N2O2.ClH/c1-22-15-7-4-6-14(12-15)18(9-2-3-10-18)13-20-17(21)16-8-5-11-19-16;/h4,6-7,12,16,19H,2-3,5,8-11,13H2,1H3,(H,20,21);1H. The highest BCUT2D eigenvalue weighted by atomic mass is 35.5. The molecule has 1 aliphatic heterocycles. The second-order valence-electron chi connectivity index (χ2n) is 6.59. The maximum absolute atomic E-state index is 12.3. The molecule has 0 bridgehead atoms. The molecule has 2 aliphatic rings. The van der Waals surface area contributed by atoms with Gasteiger partial charge < -0.3 is 15.4 Å². The Balaban J connectivity index is 0.00000192. The van der Waals surface area contributed by atoms with Crippen LogP contribution in [0.1, 0.15) is 44.1 Å². The van der Waals surface area contributed by atoms with Crippen molar-refractivity contribution < 1.29 is 9.53 Å². The predicted molar refractivity (Wildman–Crippen MR) is 94.4 cm³/mol. The number of hydrogen-bond donors (Lipinski definition) is 2. The van der Waals surface area contributed by atoms with E-state index in [9.17, 15) is 4.79 Å². The van der Waals surface area contributed by atoms with Crippen molar-refractivity contribution in [1.29, 1.82) is 0 Å². The third-order valence-electron chi connectivity index (χ3n) is 5.22. The van der Waals surface area contributed by atoms with Crippen LogP contribution in [0.15, 0.2) is 24.3 Å². The zero-order chi connectivity index (χ0) is 15.4. The van der Waals surface area contributed by atoms with Crippen molar-refractivity contribution in [3.63, 3.8) is 0 Å². The maximum atomic E-state index is 12.3. The van der Waals surface area contributed by atoms with Gasteiger partial charge in [0, 0.05) is 12.0 Å². The van der Waals surface area contributed by atoms with Gasteiger partial charge in [0.25, 0.3) is 0 Å². The number of amides is 1. The molecule has 2 N–H and O–H groups in total. The summed E-state index contributed by atoms with van der Waals surface area (Å²) in [5.74, 6) is 1.05. The van der Waals surface area contributed by atoms with E-state index in [1.807, 2.05) is 6.07 Å². The van der Waals surface area contributed by atoms with Gasteiger partial charge in [0.2, 0.25) is 5.91 Å². The SMILES string of the molecule is COc1cccc(C2(CNC(=O)C3CCCN3)CCCC2)c1.Cl. The lowest BCUT2D eigenvalue weighted by molar-refractivity contribution is -0.123. The molecule has 1 amide bonds. The first-order valence-corrected chi connectivity index (χ1v) is 8.39. The Morgan fingerprint density at radius 1 is 1.35 bits per heavy atom. The summed E-state index contributed by atoms with van der Waals surface area (Å²) >= 11 is 0. The molecule has 1 aromatic carbocycles. The fourth-order valence-corrected chi connectivity index (χ4v) is 3.86. The van der Waals surface area contributed by atoms with E-state index >= 15 is 0 Å². The van der Waals surface area contributed by atoms with E-state index < -0.39 is 0 Å². The molecule has 1 aliphatic carbocycles. The lowest BCUT2D eigenvalue weighted by Crippen LogP contribution is -2.46. The zero-order valence-electron chi connectivity index (χ0n) is 13.8. The first kappa shape index (κ1) is 18.1. The van der Waals surface area contributed by atoms with Gasteiger partial charge in [-0.2, -0.15) is 0 Å². The molecule has 4 nitrogen and oxygen atoms in total. The van der Waals surface area contributed by atoms with Gasteiger partial charge in [0.05, 0.1) is 13.2 Å². The summed E-state index contributed by atoms with van der Waals surface area (Å²) in [4.78, 5) is 12.3. The fraction of sp³-hybridized carbons (Fsp3) is 0.611. The van der Waals surface area contributed by atoms with Crippen LogP contribution >= 0.6 is 12.4 Å². The Labute approximate surface area is 144 Å². The summed E-state index contributed by atoms with van der Waals surface area (Å²) in [5, 5.41) is 6.47. The van der Waals surface area contributed by atoms with E-state index in [4.69, 9.17) is 4.74 Å². The molecule has 0 aromatic heterocycles. The first-order chi connectivity index (χ1) is 10.7. The summed E-state index contributed by atoms with van der Waals surface area (Å²) in [5.41, 5.74) is 1.37. The summed E-state index contributed by atoms with van der Waals surface area (Å²) in [6, 6.07) is 8.34. The summed E-state index contributed by atoms with van der Waals surface area (Å²) < 4.78 is 5.37. The molecule has 5 heteroatoms. The van der Waals surface area contributed by atoms with E-state index in [-0.39, 0.29) is 29.8 Å². The molecular formula is C18H27ClN2O2. The van der Waals surface area contributed by atoms with Gasteiger partial charge in [-0.05, 0) is 49.9 Å². The molecule has 2 fully saturated rings. The predicted octanol–water partition coefficient (Wildman–Crippen LogP) is 2.80. The number of halogens is 1. The molecule has 1 saturated heterocycles. The summed E-state index contributed by atoms with van der Waals surface area (Å²) in [6.07, 6.45) is 6.79. The van der Waals surface area contributed by atoms with Crippen molar-refractivity contribution >= 4 is 18.3 Å². The topological polar surface area (TPSA) is 50.4 Å². The van der Waals surface area contributed by atoms with Crippen LogP contribution in [0, 0.1) is 0 Å². The number of nitrogens with one attached hydrogen (secondary N) is 2. The van der Waals surface area contributed by atoms with Crippen LogP contribution in [0.4, 0.5) is 0 Å². The second kappa shape index (κ2) is 8.02. The van der Waals surface area contributed by atoms with Crippen molar-refractivity contribution in [3.8, 4) is 5.75 Å². The van der Waals surface area contributed by atoms with Crippen molar-refractivity contribution in [2.24, 2.45) is 0 Å². The largest absolute Gasteiger partial charge is 0.497 e. The zero-order valence-corrected chi connectivity index (χ0v) is 14.6. The minimum atomic E-state index is 0. The Morgan fingerprint density at radius 2 is 2.13 bits per heavy atom. The summed E-state index contributed by atoms with van der Waals surface area (Å²) in [7, 11) is 1.70. The average Bonchev–Trinajstić information content (AvgIpc) is 3.25. The highest BCUT2D eigenvalue weighted by Gasteiger charge is 2.36. The molecule has 3 rings (SSSR count). The first-order valence-electron chi connectivity index (χ1n) is 8.39. The second-order valence-corrected chi connectivity index (χ2v) is 6.59. The van der Waals surface area contributed by atoms with Crippen LogP contribution in [-0.2, 0) is 10.2 Å². The fourth-order valence-electron chi connectivity index (χ4n) is 3.86. The summed E-state index contributed by atoms with van der Waals surface area (Å²) in [6.45, 7) is 1.69. The Kier molecular flexibility index (Phi) is 6.31. The smallest absolute Gasteiger partial charge is 0.237 e. The van der Waals surface area contributed by atoms with Crippen molar-refractivity contribution in [1.82, 2.24) is 10.6 Å². The molecule has 1 atom stereocenters. The normalized spacial score (nSPS) is 22.4. The number of ether oxygens (including phenoxy) is 1. The van der Waals surface area contributed by atoms with E-state index in [1.54, 1.807) is 7.11 Å². The van der Waals surface area contributed by atoms with E-state index in [0.717, 1.165) is 44.5 Å². The molecule has 128 valence electrons. The molecule has 1 aromatic rings. The molecular weight excluding hydrogens is 312 g/mol. The molecule has 23 heavy (non-hydrogen) atoms. The van der Waals surface area contributed by atoms with Crippen molar-refractivity contribution in [2.75, 3.05) is 20.2 Å². The third kappa shape index (κ3) is 3.99. The number of rotatable bonds is 5.